The third-order valence-electron chi connectivity index (χ3n) is 7.21. The van der Waals surface area contributed by atoms with Gasteiger partial charge >= 0.3 is 5.97 Å². The Morgan fingerprint density at radius 1 is 0.864 bits per heavy atom. The number of rotatable bonds is 16. The number of carbonyl (C=O) groups is 3. The standard InChI is InChI=1S/C36H39N3O5/c1-3-22-39(34(40)20-17-28-10-9-21-37-26-28)23-24-44-30-18-15-27(16-19-30)25-33(36(42)43-2)38-32-14-8-7-13-31(32)35(41)29-11-5-4-6-12-29/h4-16,18-19,21,26,33,38H,3,17,20,22-25H2,1-2H3. The number of hydrogen-bond donors (Lipinski definition) is 1. The van der Waals surface area contributed by atoms with Crippen LogP contribution in [-0.2, 0) is 27.2 Å². The second-order valence-corrected chi connectivity index (χ2v) is 10.4. The fourth-order valence-electron chi connectivity index (χ4n) is 4.89. The van der Waals surface area contributed by atoms with E-state index >= 15 is 0 Å². The highest BCUT2D eigenvalue weighted by Crippen LogP contribution is 2.22. The zero-order valence-electron chi connectivity index (χ0n) is 25.3. The van der Waals surface area contributed by atoms with Gasteiger partial charge in [0, 0.05) is 48.6 Å². The summed E-state index contributed by atoms with van der Waals surface area (Å²) in [6, 6.07) is 26.8. The predicted octanol–water partition coefficient (Wildman–Crippen LogP) is 5.76. The highest BCUT2D eigenvalue weighted by Gasteiger charge is 2.23. The largest absolute Gasteiger partial charge is 0.492 e. The molecule has 0 saturated heterocycles. The Balaban J connectivity index is 1.34. The molecular formula is C36H39N3O5. The highest BCUT2D eigenvalue weighted by molar-refractivity contribution is 6.12. The number of methoxy groups -OCH3 is 1. The van der Waals surface area contributed by atoms with Gasteiger partial charge in [0.15, 0.2) is 5.78 Å². The minimum Gasteiger partial charge on any atom is -0.492 e. The molecule has 1 heterocycles. The minimum absolute atomic E-state index is 0.100. The van der Waals surface area contributed by atoms with Crippen LogP contribution < -0.4 is 10.1 Å². The van der Waals surface area contributed by atoms with Gasteiger partial charge in [-0.3, -0.25) is 14.6 Å². The molecule has 0 fully saturated rings. The van der Waals surface area contributed by atoms with Crippen molar-refractivity contribution in [2.24, 2.45) is 0 Å². The molecule has 1 amide bonds. The Hall–Kier alpha value is -4.98. The molecule has 3 aromatic carbocycles. The molecular weight excluding hydrogens is 554 g/mol. The Kier molecular flexibility index (Phi) is 12.1. The second-order valence-electron chi connectivity index (χ2n) is 10.4. The van der Waals surface area contributed by atoms with Crippen LogP contribution in [0.25, 0.3) is 0 Å². The lowest BCUT2D eigenvalue weighted by molar-refractivity contribution is -0.141. The fraction of sp³-hybridized carbons (Fsp3) is 0.278. The van der Waals surface area contributed by atoms with E-state index in [1.807, 2.05) is 65.6 Å². The van der Waals surface area contributed by atoms with Crippen molar-refractivity contribution >= 4 is 23.3 Å². The van der Waals surface area contributed by atoms with E-state index in [9.17, 15) is 14.4 Å². The SMILES string of the molecule is CCCN(CCOc1ccc(CC(Nc2ccccc2C(=O)c2ccccc2)C(=O)OC)cc1)C(=O)CCc1cccnc1. The molecule has 0 aliphatic rings. The molecule has 44 heavy (non-hydrogen) atoms. The number of ketones is 1. The molecule has 8 heteroatoms. The van der Waals surface area contributed by atoms with Crippen LogP contribution in [0, 0.1) is 0 Å². The summed E-state index contributed by atoms with van der Waals surface area (Å²) < 4.78 is 11.0. The summed E-state index contributed by atoms with van der Waals surface area (Å²) in [7, 11) is 1.35. The zero-order chi connectivity index (χ0) is 31.1. The van der Waals surface area contributed by atoms with Gasteiger partial charge in [0.05, 0.1) is 13.7 Å². The summed E-state index contributed by atoms with van der Waals surface area (Å²) in [6.45, 7) is 3.60. The van der Waals surface area contributed by atoms with E-state index in [4.69, 9.17) is 9.47 Å². The number of hydrogen-bond acceptors (Lipinski definition) is 7. The number of benzene rings is 3. The van der Waals surface area contributed by atoms with E-state index in [2.05, 4.69) is 17.2 Å². The number of nitrogens with zero attached hydrogens (tertiary/aromatic N) is 2. The number of para-hydroxylation sites is 1. The van der Waals surface area contributed by atoms with Gasteiger partial charge in [0.2, 0.25) is 5.91 Å². The van der Waals surface area contributed by atoms with Crippen LogP contribution in [0.4, 0.5) is 5.69 Å². The lowest BCUT2D eigenvalue weighted by atomic mass is 10.00. The lowest BCUT2D eigenvalue weighted by Gasteiger charge is -2.22. The van der Waals surface area contributed by atoms with Crippen molar-refractivity contribution in [2.75, 3.05) is 32.1 Å². The molecule has 1 unspecified atom stereocenters. The monoisotopic (exact) mass is 593 g/mol. The van der Waals surface area contributed by atoms with Gasteiger partial charge in [0.1, 0.15) is 18.4 Å². The van der Waals surface area contributed by atoms with Crippen LogP contribution in [0.5, 0.6) is 5.75 Å². The molecule has 8 nitrogen and oxygen atoms in total. The van der Waals surface area contributed by atoms with Crippen LogP contribution in [0.3, 0.4) is 0 Å². The number of amides is 1. The number of esters is 1. The Labute approximate surface area is 259 Å². The Bertz CT molecular complexity index is 1490. The van der Waals surface area contributed by atoms with Gasteiger partial charge in [-0.1, -0.05) is 67.6 Å². The number of ether oxygens (including phenoxy) is 2. The number of aromatic nitrogens is 1. The Morgan fingerprint density at radius 3 is 2.32 bits per heavy atom. The smallest absolute Gasteiger partial charge is 0.328 e. The van der Waals surface area contributed by atoms with E-state index < -0.39 is 12.0 Å². The highest BCUT2D eigenvalue weighted by atomic mass is 16.5. The average Bonchev–Trinajstić information content (AvgIpc) is 3.07. The lowest BCUT2D eigenvalue weighted by Crippen LogP contribution is -2.35. The molecule has 0 aliphatic carbocycles. The average molecular weight is 594 g/mol. The van der Waals surface area contributed by atoms with E-state index in [1.54, 1.807) is 42.7 Å². The number of anilines is 1. The van der Waals surface area contributed by atoms with Crippen LogP contribution in [0.2, 0.25) is 0 Å². The number of aryl methyl sites for hydroxylation is 1. The van der Waals surface area contributed by atoms with Crippen molar-refractivity contribution in [3.63, 3.8) is 0 Å². The molecule has 4 rings (SSSR count). The summed E-state index contributed by atoms with van der Waals surface area (Å²) in [4.78, 5) is 44.7. The van der Waals surface area contributed by atoms with Gasteiger partial charge in [-0.25, -0.2) is 4.79 Å². The van der Waals surface area contributed by atoms with Crippen molar-refractivity contribution in [3.05, 3.63) is 126 Å². The minimum atomic E-state index is -0.711. The van der Waals surface area contributed by atoms with Gasteiger partial charge in [-0.2, -0.15) is 0 Å². The summed E-state index contributed by atoms with van der Waals surface area (Å²) >= 11 is 0. The molecule has 0 radical (unpaired) electrons. The quantitative estimate of drug-likeness (QED) is 0.130. The van der Waals surface area contributed by atoms with Crippen molar-refractivity contribution in [2.45, 2.75) is 38.6 Å². The summed E-state index contributed by atoms with van der Waals surface area (Å²) in [5.41, 5.74) is 3.54. The molecule has 0 aliphatic heterocycles. The first-order chi connectivity index (χ1) is 21.5. The van der Waals surface area contributed by atoms with Crippen molar-refractivity contribution < 1.29 is 23.9 Å². The normalized spacial score (nSPS) is 11.3. The van der Waals surface area contributed by atoms with Crippen LogP contribution in [0.1, 0.15) is 46.8 Å². The molecule has 1 aromatic heterocycles. The number of nitrogens with one attached hydrogen (secondary N) is 1. The van der Waals surface area contributed by atoms with Crippen molar-refractivity contribution in [1.29, 1.82) is 0 Å². The second kappa shape index (κ2) is 16.6. The van der Waals surface area contributed by atoms with Gasteiger partial charge < -0.3 is 19.7 Å². The first-order valence-corrected chi connectivity index (χ1v) is 14.9. The zero-order valence-corrected chi connectivity index (χ0v) is 25.3. The Morgan fingerprint density at radius 2 is 1.61 bits per heavy atom. The summed E-state index contributed by atoms with van der Waals surface area (Å²) in [6.07, 6.45) is 5.82. The maximum absolute atomic E-state index is 13.2. The van der Waals surface area contributed by atoms with E-state index in [0.717, 1.165) is 17.5 Å². The van der Waals surface area contributed by atoms with Crippen LogP contribution >= 0.6 is 0 Å². The van der Waals surface area contributed by atoms with Crippen molar-refractivity contribution in [1.82, 2.24) is 9.88 Å². The third kappa shape index (κ3) is 9.26. The topological polar surface area (TPSA) is 97.8 Å². The first-order valence-electron chi connectivity index (χ1n) is 14.9. The molecule has 0 spiro atoms. The fourth-order valence-corrected chi connectivity index (χ4v) is 4.89. The van der Waals surface area contributed by atoms with Crippen LogP contribution in [-0.4, -0.2) is 60.4 Å². The summed E-state index contributed by atoms with van der Waals surface area (Å²) in [5, 5.41) is 3.23. The van der Waals surface area contributed by atoms with Gasteiger partial charge in [-0.05, 0) is 54.3 Å². The predicted molar refractivity (Wildman–Crippen MR) is 171 cm³/mol. The summed E-state index contributed by atoms with van der Waals surface area (Å²) in [5.74, 6) is 0.209. The van der Waals surface area contributed by atoms with E-state index in [0.29, 0.717) is 61.5 Å². The molecule has 4 aromatic rings. The van der Waals surface area contributed by atoms with E-state index in [-0.39, 0.29) is 11.7 Å². The van der Waals surface area contributed by atoms with E-state index in [1.165, 1.54) is 7.11 Å². The number of carbonyl (C=O) groups excluding carboxylic acids is 3. The maximum atomic E-state index is 13.2. The molecule has 1 N–H and O–H groups in total. The van der Waals surface area contributed by atoms with Crippen molar-refractivity contribution in [3.8, 4) is 5.75 Å². The van der Waals surface area contributed by atoms with Gasteiger partial charge in [0.25, 0.3) is 0 Å². The molecule has 1 atom stereocenters. The molecule has 0 bridgehead atoms. The third-order valence-corrected chi connectivity index (χ3v) is 7.21. The maximum Gasteiger partial charge on any atom is 0.328 e. The van der Waals surface area contributed by atoms with Gasteiger partial charge in [-0.15, -0.1) is 0 Å². The first kappa shape index (κ1) is 31.9. The molecule has 0 saturated carbocycles. The molecule has 228 valence electrons. The van der Waals surface area contributed by atoms with Crippen LogP contribution in [0.15, 0.2) is 103 Å². The number of pyridine rings is 1.